The van der Waals surface area contributed by atoms with Gasteiger partial charge in [-0.2, -0.15) is 0 Å². The van der Waals surface area contributed by atoms with Crippen LogP contribution < -0.4 is 10.1 Å². The first kappa shape index (κ1) is 20.0. The quantitative estimate of drug-likeness (QED) is 0.683. The molecule has 30 heavy (non-hydrogen) atoms. The Balaban J connectivity index is 1.36. The van der Waals surface area contributed by atoms with Crippen LogP contribution in [0.1, 0.15) is 25.9 Å². The van der Waals surface area contributed by atoms with Crippen LogP contribution in [-0.2, 0) is 24.1 Å². The predicted molar refractivity (Wildman–Crippen MR) is 115 cm³/mol. The van der Waals surface area contributed by atoms with E-state index >= 15 is 0 Å². The largest absolute Gasteiger partial charge is 0.497 e. The maximum atomic E-state index is 12.7. The first-order valence-corrected chi connectivity index (χ1v) is 10.5. The van der Waals surface area contributed by atoms with Gasteiger partial charge in [0.05, 0.1) is 31.1 Å². The molecule has 2 amide bonds. The highest BCUT2D eigenvalue weighted by Gasteiger charge is 2.23. The third-order valence-corrected chi connectivity index (χ3v) is 6.14. The summed E-state index contributed by atoms with van der Waals surface area (Å²) in [5.74, 6) is 0.651. The van der Waals surface area contributed by atoms with Gasteiger partial charge in [0.2, 0.25) is 5.91 Å². The lowest BCUT2D eigenvalue weighted by atomic mass is 10.1. The maximum absolute atomic E-state index is 12.7. The zero-order valence-electron chi connectivity index (χ0n) is 16.6. The van der Waals surface area contributed by atoms with Crippen LogP contribution in [0.4, 0.5) is 5.69 Å². The van der Waals surface area contributed by atoms with Crippen LogP contribution in [0.3, 0.4) is 0 Å². The third-order valence-electron chi connectivity index (χ3n) is 4.99. The van der Waals surface area contributed by atoms with Crippen molar-refractivity contribution in [1.29, 1.82) is 0 Å². The number of hydrogen-bond acceptors (Lipinski definition) is 6. The second-order valence-electron chi connectivity index (χ2n) is 6.99. The van der Waals surface area contributed by atoms with Gasteiger partial charge in [-0.3, -0.25) is 14.6 Å². The number of ether oxygens (including phenoxy) is 1. The van der Waals surface area contributed by atoms with Crippen molar-refractivity contribution < 1.29 is 14.3 Å². The molecule has 0 saturated carbocycles. The number of carbonyl (C=O) groups is 2. The van der Waals surface area contributed by atoms with Crippen molar-refractivity contribution in [3.63, 3.8) is 0 Å². The van der Waals surface area contributed by atoms with E-state index < -0.39 is 0 Å². The molecule has 0 radical (unpaired) electrons. The summed E-state index contributed by atoms with van der Waals surface area (Å²) in [5, 5.41) is 3.26. The minimum absolute atomic E-state index is 0.102. The monoisotopic (exact) mass is 422 g/mol. The van der Waals surface area contributed by atoms with Crippen LogP contribution >= 0.6 is 11.3 Å². The molecule has 1 aliphatic heterocycles. The lowest BCUT2D eigenvalue weighted by Crippen LogP contribution is -2.34. The summed E-state index contributed by atoms with van der Waals surface area (Å²) in [6, 6.07) is 11.1. The van der Waals surface area contributed by atoms with Crippen molar-refractivity contribution in [2.75, 3.05) is 25.5 Å². The number of hydrogen-bond donors (Lipinski definition) is 1. The molecule has 8 heteroatoms. The Labute approximate surface area is 178 Å². The van der Waals surface area contributed by atoms with Crippen molar-refractivity contribution in [1.82, 2.24) is 14.9 Å². The van der Waals surface area contributed by atoms with Crippen LogP contribution in [0.5, 0.6) is 5.75 Å². The molecule has 0 unspecified atom stereocenters. The topological polar surface area (TPSA) is 84.4 Å². The number of nitrogens with zero attached hydrogens (tertiary/aromatic N) is 3. The van der Waals surface area contributed by atoms with E-state index in [1.807, 2.05) is 29.2 Å². The zero-order valence-corrected chi connectivity index (χ0v) is 17.4. The van der Waals surface area contributed by atoms with E-state index in [9.17, 15) is 9.59 Å². The summed E-state index contributed by atoms with van der Waals surface area (Å²) in [6.45, 7) is 1.24. The Kier molecular flexibility index (Phi) is 6.04. The lowest BCUT2D eigenvalue weighted by molar-refractivity contribution is -0.130. The molecular formula is C22H22N4O3S. The van der Waals surface area contributed by atoms with E-state index in [0.717, 1.165) is 21.9 Å². The van der Waals surface area contributed by atoms with Crippen molar-refractivity contribution in [3.05, 3.63) is 69.9 Å². The number of aromatic nitrogens is 2. The summed E-state index contributed by atoms with van der Waals surface area (Å²) in [5.41, 5.74) is 2.52. The Hall–Kier alpha value is -3.26. The van der Waals surface area contributed by atoms with Crippen LogP contribution in [0.15, 0.2) is 48.8 Å². The van der Waals surface area contributed by atoms with E-state index in [4.69, 9.17) is 4.74 Å². The van der Waals surface area contributed by atoms with Crippen LogP contribution in [0.25, 0.3) is 0 Å². The third kappa shape index (κ3) is 4.65. The van der Waals surface area contributed by atoms with Gasteiger partial charge in [0.1, 0.15) is 5.75 Å². The Morgan fingerprint density at radius 3 is 2.70 bits per heavy atom. The molecule has 0 aliphatic carbocycles. The van der Waals surface area contributed by atoms with E-state index in [-0.39, 0.29) is 11.8 Å². The van der Waals surface area contributed by atoms with Crippen molar-refractivity contribution in [2.45, 2.75) is 19.3 Å². The van der Waals surface area contributed by atoms with E-state index in [1.165, 1.54) is 11.3 Å². The smallest absolute Gasteiger partial charge is 0.284 e. The molecule has 154 valence electrons. The van der Waals surface area contributed by atoms with Gasteiger partial charge in [0, 0.05) is 37.0 Å². The Morgan fingerprint density at radius 2 is 1.97 bits per heavy atom. The SMILES string of the molecule is COc1ccc(CC(=O)N2CCc3nc(C(=O)Nc4cccnc4)sc3CC2)cc1. The average molecular weight is 423 g/mol. The van der Waals surface area contributed by atoms with Crippen molar-refractivity contribution in [3.8, 4) is 5.75 Å². The van der Waals surface area contributed by atoms with Crippen LogP contribution in [0, 0.1) is 0 Å². The molecule has 4 rings (SSSR count). The number of rotatable bonds is 5. The fourth-order valence-electron chi connectivity index (χ4n) is 3.36. The number of benzene rings is 1. The molecule has 1 aliphatic rings. The maximum Gasteiger partial charge on any atom is 0.284 e. The molecule has 7 nitrogen and oxygen atoms in total. The van der Waals surface area contributed by atoms with Gasteiger partial charge in [-0.15, -0.1) is 11.3 Å². The van der Waals surface area contributed by atoms with E-state index in [1.54, 1.807) is 31.6 Å². The van der Waals surface area contributed by atoms with Crippen molar-refractivity contribution >= 4 is 28.8 Å². The molecule has 1 N–H and O–H groups in total. The van der Waals surface area contributed by atoms with Gasteiger partial charge >= 0.3 is 0 Å². The molecule has 1 aromatic carbocycles. The molecule has 2 aromatic heterocycles. The Bertz CT molecular complexity index is 1010. The number of amides is 2. The molecule has 3 heterocycles. The molecule has 0 spiro atoms. The van der Waals surface area contributed by atoms with E-state index in [0.29, 0.717) is 43.0 Å². The highest BCUT2D eigenvalue weighted by Crippen LogP contribution is 2.24. The second-order valence-corrected chi connectivity index (χ2v) is 8.07. The first-order chi connectivity index (χ1) is 14.6. The second kappa shape index (κ2) is 9.04. The molecule has 3 aromatic rings. The number of carbonyl (C=O) groups excluding carboxylic acids is 2. The fraction of sp³-hybridized carbons (Fsp3) is 0.273. The number of methoxy groups -OCH3 is 1. The lowest BCUT2D eigenvalue weighted by Gasteiger charge is -2.20. The minimum atomic E-state index is -0.228. The summed E-state index contributed by atoms with van der Waals surface area (Å²) in [4.78, 5) is 36.7. The minimum Gasteiger partial charge on any atom is -0.497 e. The fourth-order valence-corrected chi connectivity index (χ4v) is 4.35. The molecule has 0 bridgehead atoms. The van der Waals surface area contributed by atoms with Crippen LogP contribution in [0.2, 0.25) is 0 Å². The summed E-state index contributed by atoms with van der Waals surface area (Å²) in [7, 11) is 1.62. The number of pyridine rings is 1. The zero-order chi connectivity index (χ0) is 20.9. The van der Waals surface area contributed by atoms with Crippen LogP contribution in [-0.4, -0.2) is 46.9 Å². The van der Waals surface area contributed by atoms with Gasteiger partial charge in [-0.25, -0.2) is 4.98 Å². The molecule has 0 fully saturated rings. The first-order valence-electron chi connectivity index (χ1n) is 9.73. The van der Waals surface area contributed by atoms with Gasteiger partial charge in [0.15, 0.2) is 5.01 Å². The summed E-state index contributed by atoms with van der Waals surface area (Å²) >= 11 is 1.40. The molecule has 0 atom stereocenters. The highest BCUT2D eigenvalue weighted by molar-refractivity contribution is 7.13. The predicted octanol–water partition coefficient (Wildman–Crippen LogP) is 2.97. The summed E-state index contributed by atoms with van der Waals surface area (Å²) in [6.07, 6.45) is 4.98. The highest BCUT2D eigenvalue weighted by atomic mass is 32.1. The van der Waals surface area contributed by atoms with Gasteiger partial charge in [-0.1, -0.05) is 12.1 Å². The number of thiazole rings is 1. The number of anilines is 1. The van der Waals surface area contributed by atoms with Gasteiger partial charge in [0.25, 0.3) is 5.91 Å². The average Bonchev–Trinajstić information content (AvgIpc) is 3.08. The number of nitrogens with one attached hydrogen (secondary N) is 1. The van der Waals surface area contributed by atoms with Crippen molar-refractivity contribution in [2.24, 2.45) is 0 Å². The van der Waals surface area contributed by atoms with Gasteiger partial charge < -0.3 is 15.0 Å². The molecule has 0 saturated heterocycles. The molecular weight excluding hydrogens is 400 g/mol. The van der Waals surface area contributed by atoms with E-state index in [2.05, 4.69) is 15.3 Å². The normalized spacial score (nSPS) is 13.3. The number of fused-ring (bicyclic) bond motifs is 1. The Morgan fingerprint density at radius 1 is 1.17 bits per heavy atom. The summed E-state index contributed by atoms with van der Waals surface area (Å²) < 4.78 is 5.16. The van der Waals surface area contributed by atoms with Gasteiger partial charge in [-0.05, 0) is 29.8 Å². The standard InChI is InChI=1S/C22H22N4O3S/c1-29-17-6-4-15(5-7-17)13-20(27)26-11-8-18-19(9-12-26)30-22(25-18)21(28)24-16-3-2-10-23-14-16/h2-7,10,14H,8-9,11-13H2,1H3,(H,24,28).